The summed E-state index contributed by atoms with van der Waals surface area (Å²) in [5, 5.41) is 2.76. The Morgan fingerprint density at radius 1 is 1.38 bits per heavy atom. The molecule has 0 aromatic carbocycles. The number of carbonyl (C=O) groups is 2. The molecule has 0 radical (unpaired) electrons. The van der Waals surface area contributed by atoms with E-state index in [1.165, 1.54) is 12.2 Å². The van der Waals surface area contributed by atoms with E-state index >= 15 is 0 Å². The van der Waals surface area contributed by atoms with Gasteiger partial charge < -0.3 is 5.32 Å². The Bertz CT molecular complexity index is 291. The number of carbonyl (C=O) groups excluding carboxylic acids is 2. The average Bonchev–Trinajstić information content (AvgIpc) is 2.18. The molecule has 1 atom stereocenters. The third-order valence-electron chi connectivity index (χ3n) is 1.61. The minimum absolute atomic E-state index is 0.00333. The molecule has 2 N–H and O–H groups in total. The summed E-state index contributed by atoms with van der Waals surface area (Å²) in [4.78, 5) is 22.1. The SMILES string of the molecule is C/C=C/C(=O)NC(C)C/C=C/C(=O)NSS. The first kappa shape index (κ1) is 15.1. The lowest BCUT2D eigenvalue weighted by Crippen LogP contribution is -2.30. The second-order valence-electron chi connectivity index (χ2n) is 3.11. The predicted octanol–water partition coefficient (Wildman–Crippen LogP) is 1.62. The van der Waals surface area contributed by atoms with Gasteiger partial charge in [0.15, 0.2) is 0 Å². The fourth-order valence-corrected chi connectivity index (χ4v) is 1.39. The molecule has 0 aliphatic heterocycles. The maximum atomic E-state index is 11.1. The van der Waals surface area contributed by atoms with E-state index in [-0.39, 0.29) is 17.9 Å². The van der Waals surface area contributed by atoms with Crippen LogP contribution in [-0.2, 0) is 9.59 Å². The molecule has 0 aromatic heterocycles. The maximum Gasteiger partial charge on any atom is 0.254 e. The van der Waals surface area contributed by atoms with Gasteiger partial charge in [0.05, 0.1) is 0 Å². The monoisotopic (exact) mass is 260 g/mol. The number of amides is 2. The minimum Gasteiger partial charge on any atom is -0.350 e. The maximum absolute atomic E-state index is 11.1. The molecule has 4 nitrogen and oxygen atoms in total. The number of thiol groups is 1. The number of rotatable bonds is 6. The normalized spacial score (nSPS) is 12.9. The first-order valence-corrected chi connectivity index (χ1v) is 6.67. The standard InChI is InChI=1S/C10H16N2O2S2/c1-3-5-9(13)11-8(2)6-4-7-10(14)12-16-15/h3-5,7-8,15H,6H2,1-2H3,(H,11,13)(H,12,14)/b5-3+,7-4+. The van der Waals surface area contributed by atoms with Crippen LogP contribution >= 0.6 is 22.6 Å². The molecule has 0 saturated carbocycles. The van der Waals surface area contributed by atoms with E-state index in [0.29, 0.717) is 6.42 Å². The number of hydrogen-bond acceptors (Lipinski definition) is 4. The highest BCUT2D eigenvalue weighted by atomic mass is 33.1. The van der Waals surface area contributed by atoms with Gasteiger partial charge in [0, 0.05) is 17.0 Å². The van der Waals surface area contributed by atoms with E-state index < -0.39 is 0 Å². The first-order chi connectivity index (χ1) is 7.60. The van der Waals surface area contributed by atoms with Gasteiger partial charge >= 0.3 is 0 Å². The Morgan fingerprint density at radius 2 is 2.06 bits per heavy atom. The highest BCUT2D eigenvalue weighted by Crippen LogP contribution is 1.98. The van der Waals surface area contributed by atoms with Crippen LogP contribution in [0.2, 0.25) is 0 Å². The Hall–Kier alpha value is -0.880. The third kappa shape index (κ3) is 8.43. The van der Waals surface area contributed by atoms with E-state index in [2.05, 4.69) is 21.7 Å². The Kier molecular flexibility index (Phi) is 8.84. The molecule has 0 saturated heterocycles. The average molecular weight is 260 g/mol. The Labute approximate surface area is 105 Å². The molecule has 0 fully saturated rings. The fourth-order valence-electron chi connectivity index (χ4n) is 0.959. The van der Waals surface area contributed by atoms with Gasteiger partial charge in [-0.3, -0.25) is 14.3 Å². The van der Waals surface area contributed by atoms with Gasteiger partial charge in [-0.1, -0.05) is 23.8 Å². The highest BCUT2D eigenvalue weighted by Gasteiger charge is 2.02. The van der Waals surface area contributed by atoms with Gasteiger partial charge in [-0.15, -0.1) is 0 Å². The molecule has 0 aliphatic carbocycles. The van der Waals surface area contributed by atoms with Crippen LogP contribution in [-0.4, -0.2) is 17.9 Å². The lowest BCUT2D eigenvalue weighted by atomic mass is 10.2. The summed E-state index contributed by atoms with van der Waals surface area (Å²) >= 11 is 3.78. The van der Waals surface area contributed by atoms with Crippen molar-refractivity contribution in [2.45, 2.75) is 26.3 Å². The van der Waals surface area contributed by atoms with Crippen LogP contribution in [0, 0.1) is 0 Å². The first-order valence-electron chi connectivity index (χ1n) is 4.80. The minimum atomic E-state index is -0.216. The van der Waals surface area contributed by atoms with Crippen LogP contribution < -0.4 is 10.0 Å². The fraction of sp³-hybridized carbons (Fsp3) is 0.400. The smallest absolute Gasteiger partial charge is 0.254 e. The second kappa shape index (κ2) is 9.35. The number of allylic oxidation sites excluding steroid dienone is 1. The Morgan fingerprint density at radius 3 is 2.62 bits per heavy atom. The van der Waals surface area contributed by atoms with Crippen molar-refractivity contribution in [3.05, 3.63) is 24.3 Å². The summed E-state index contributed by atoms with van der Waals surface area (Å²) < 4.78 is 2.44. The van der Waals surface area contributed by atoms with Crippen molar-refractivity contribution in [3.63, 3.8) is 0 Å². The second-order valence-corrected chi connectivity index (χ2v) is 4.04. The summed E-state index contributed by atoms with van der Waals surface area (Å²) in [5.74, 6) is -0.342. The van der Waals surface area contributed by atoms with Crippen molar-refractivity contribution in [2.24, 2.45) is 0 Å². The number of hydrogen-bond donors (Lipinski definition) is 3. The van der Waals surface area contributed by atoms with E-state index in [1.807, 2.05) is 6.92 Å². The summed E-state index contributed by atoms with van der Waals surface area (Å²) in [5.41, 5.74) is 0. The van der Waals surface area contributed by atoms with Crippen molar-refractivity contribution in [2.75, 3.05) is 0 Å². The quantitative estimate of drug-likeness (QED) is 0.294. The third-order valence-corrected chi connectivity index (χ3v) is 2.18. The highest BCUT2D eigenvalue weighted by molar-refractivity contribution is 8.68. The Balaban J connectivity index is 3.84. The van der Waals surface area contributed by atoms with Gasteiger partial charge in [-0.25, -0.2) is 0 Å². The number of nitrogens with one attached hydrogen (secondary N) is 2. The molecule has 2 amide bonds. The van der Waals surface area contributed by atoms with Crippen LogP contribution in [0.4, 0.5) is 0 Å². The van der Waals surface area contributed by atoms with Crippen LogP contribution in [0.25, 0.3) is 0 Å². The van der Waals surface area contributed by atoms with Crippen LogP contribution in [0.3, 0.4) is 0 Å². The summed E-state index contributed by atoms with van der Waals surface area (Å²) in [6.07, 6.45) is 6.87. The zero-order valence-electron chi connectivity index (χ0n) is 9.27. The van der Waals surface area contributed by atoms with E-state index in [1.54, 1.807) is 19.1 Å². The van der Waals surface area contributed by atoms with Gasteiger partial charge in [-0.2, -0.15) is 0 Å². The zero-order chi connectivity index (χ0) is 12.4. The van der Waals surface area contributed by atoms with Crippen molar-refractivity contribution in [1.82, 2.24) is 10.0 Å². The molecule has 0 bridgehead atoms. The molecular weight excluding hydrogens is 244 g/mol. The van der Waals surface area contributed by atoms with E-state index in [9.17, 15) is 9.59 Å². The summed E-state index contributed by atoms with van der Waals surface area (Å²) in [6.45, 7) is 3.65. The van der Waals surface area contributed by atoms with Crippen molar-refractivity contribution in [3.8, 4) is 0 Å². The van der Waals surface area contributed by atoms with Gasteiger partial charge in [0.2, 0.25) is 5.91 Å². The van der Waals surface area contributed by atoms with Crippen molar-refractivity contribution >= 4 is 34.5 Å². The lowest BCUT2D eigenvalue weighted by Gasteiger charge is -2.09. The predicted molar refractivity (Wildman–Crippen MR) is 70.9 cm³/mol. The van der Waals surface area contributed by atoms with Gasteiger partial charge in [-0.05, 0) is 32.4 Å². The molecule has 1 unspecified atom stereocenters. The molecule has 6 heteroatoms. The van der Waals surface area contributed by atoms with Crippen LogP contribution in [0.1, 0.15) is 20.3 Å². The topological polar surface area (TPSA) is 58.2 Å². The molecule has 0 rings (SSSR count). The molecule has 0 aliphatic rings. The van der Waals surface area contributed by atoms with Crippen molar-refractivity contribution in [1.29, 1.82) is 0 Å². The van der Waals surface area contributed by atoms with Crippen molar-refractivity contribution < 1.29 is 9.59 Å². The molecule has 90 valence electrons. The molecular formula is C10H16N2O2S2. The van der Waals surface area contributed by atoms with E-state index in [0.717, 1.165) is 11.0 Å². The van der Waals surface area contributed by atoms with Crippen LogP contribution in [0.5, 0.6) is 0 Å². The summed E-state index contributed by atoms with van der Waals surface area (Å²) in [7, 11) is 0.951. The largest absolute Gasteiger partial charge is 0.350 e. The zero-order valence-corrected chi connectivity index (χ0v) is 11.0. The summed E-state index contributed by atoms with van der Waals surface area (Å²) in [6, 6.07) is -0.00333. The van der Waals surface area contributed by atoms with Crippen LogP contribution in [0.15, 0.2) is 24.3 Å². The van der Waals surface area contributed by atoms with Gasteiger partial charge in [0.1, 0.15) is 0 Å². The molecule has 0 aromatic rings. The lowest BCUT2D eigenvalue weighted by molar-refractivity contribution is -0.117. The molecule has 16 heavy (non-hydrogen) atoms. The van der Waals surface area contributed by atoms with Gasteiger partial charge in [0.25, 0.3) is 5.91 Å². The molecule has 0 heterocycles. The van der Waals surface area contributed by atoms with E-state index in [4.69, 9.17) is 0 Å². The molecule has 0 spiro atoms.